The first-order valence-electron chi connectivity index (χ1n) is 4.16. The van der Waals surface area contributed by atoms with Crippen LogP contribution in [0, 0.1) is 6.92 Å². The van der Waals surface area contributed by atoms with Crippen molar-refractivity contribution in [1.29, 1.82) is 0 Å². The molecule has 15 heavy (non-hydrogen) atoms. The molecule has 0 aromatic heterocycles. The Bertz CT molecular complexity index is 444. The lowest BCUT2D eigenvalue weighted by molar-refractivity contribution is -0.104. The summed E-state index contributed by atoms with van der Waals surface area (Å²) in [7, 11) is 0. The average Bonchev–Trinajstić information content (AvgIpc) is 2.26. The smallest absolute Gasteiger partial charge is 0.153 e. The van der Waals surface area contributed by atoms with Gasteiger partial charge in [-0.05, 0) is 18.0 Å². The molecule has 76 valence electrons. The maximum atomic E-state index is 10.6. The zero-order valence-electron chi connectivity index (χ0n) is 8.01. The van der Waals surface area contributed by atoms with Crippen LogP contribution in [0.4, 0.5) is 0 Å². The average molecular weight is 222 g/mol. The molecular formula is C10H8ClN3O. The van der Waals surface area contributed by atoms with Gasteiger partial charge in [0.1, 0.15) is 0 Å². The van der Waals surface area contributed by atoms with Gasteiger partial charge in [0.05, 0.1) is 10.7 Å². The molecule has 4 nitrogen and oxygen atoms in total. The monoisotopic (exact) mass is 221 g/mol. The lowest BCUT2D eigenvalue weighted by Gasteiger charge is -2.00. The van der Waals surface area contributed by atoms with Crippen LogP contribution in [0.1, 0.15) is 11.1 Å². The van der Waals surface area contributed by atoms with E-state index in [9.17, 15) is 4.79 Å². The van der Waals surface area contributed by atoms with Gasteiger partial charge in [-0.25, -0.2) is 0 Å². The van der Waals surface area contributed by atoms with Gasteiger partial charge in [0.25, 0.3) is 0 Å². The Kier molecular flexibility index (Phi) is 3.92. The first kappa shape index (κ1) is 11.3. The van der Waals surface area contributed by atoms with E-state index in [0.717, 1.165) is 5.56 Å². The molecule has 0 fully saturated rings. The molecule has 0 aliphatic carbocycles. The predicted octanol–water partition coefficient (Wildman–Crippen LogP) is 3.41. The highest BCUT2D eigenvalue weighted by Crippen LogP contribution is 2.23. The van der Waals surface area contributed by atoms with E-state index < -0.39 is 0 Å². The van der Waals surface area contributed by atoms with Crippen molar-refractivity contribution in [3.63, 3.8) is 0 Å². The van der Waals surface area contributed by atoms with Crippen LogP contribution in [0.15, 0.2) is 35.1 Å². The highest BCUT2D eigenvalue weighted by Gasteiger charge is 2.04. The van der Waals surface area contributed by atoms with Gasteiger partial charge in [-0.1, -0.05) is 46.5 Å². The third-order valence-electron chi connectivity index (χ3n) is 1.79. The molecular weight excluding hydrogens is 214 g/mol. The standard InChI is InChI=1S/C10H8ClN3O/c1-7-2-4-8(5-3-7)10(11)9(6-15)13-14-12/h2-6H,1H3/b10-9+. The molecule has 0 atom stereocenters. The quantitative estimate of drug-likeness (QED) is 0.254. The van der Waals surface area contributed by atoms with E-state index >= 15 is 0 Å². The Morgan fingerprint density at radius 1 is 1.47 bits per heavy atom. The number of aryl methyl sites for hydroxylation is 1. The Morgan fingerprint density at radius 2 is 2.07 bits per heavy atom. The molecule has 0 spiro atoms. The maximum Gasteiger partial charge on any atom is 0.153 e. The van der Waals surface area contributed by atoms with Crippen LogP contribution >= 0.6 is 11.6 Å². The minimum Gasteiger partial charge on any atom is -0.298 e. The van der Waals surface area contributed by atoms with E-state index in [-0.39, 0.29) is 10.7 Å². The van der Waals surface area contributed by atoms with Crippen molar-refractivity contribution >= 4 is 22.9 Å². The van der Waals surface area contributed by atoms with Gasteiger partial charge >= 0.3 is 0 Å². The second-order valence-corrected chi connectivity index (χ2v) is 3.25. The normalized spacial score (nSPS) is 11.3. The minimum atomic E-state index is -0.108. The zero-order valence-corrected chi connectivity index (χ0v) is 8.77. The summed E-state index contributed by atoms with van der Waals surface area (Å²) in [5, 5.41) is 3.36. The number of azide groups is 1. The molecule has 1 aromatic carbocycles. The van der Waals surface area contributed by atoms with Crippen LogP contribution in [0.3, 0.4) is 0 Å². The fourth-order valence-electron chi connectivity index (χ4n) is 1.02. The van der Waals surface area contributed by atoms with Crippen LogP contribution in [-0.2, 0) is 4.79 Å². The Morgan fingerprint density at radius 3 is 2.53 bits per heavy atom. The number of allylic oxidation sites excluding steroid dienone is 1. The first-order valence-corrected chi connectivity index (χ1v) is 4.54. The van der Waals surface area contributed by atoms with Gasteiger partial charge in [-0.3, -0.25) is 4.79 Å². The summed E-state index contributed by atoms with van der Waals surface area (Å²) >= 11 is 5.89. The summed E-state index contributed by atoms with van der Waals surface area (Å²) in [6.07, 6.45) is 0.432. The molecule has 0 heterocycles. The molecule has 0 saturated carbocycles. The molecule has 0 aliphatic heterocycles. The molecule has 0 radical (unpaired) electrons. The summed E-state index contributed by atoms with van der Waals surface area (Å²) in [4.78, 5) is 13.1. The van der Waals surface area contributed by atoms with Gasteiger partial charge < -0.3 is 0 Å². The topological polar surface area (TPSA) is 65.8 Å². The molecule has 1 rings (SSSR count). The van der Waals surface area contributed by atoms with Gasteiger partial charge in [0.2, 0.25) is 0 Å². The highest BCUT2D eigenvalue weighted by molar-refractivity contribution is 6.50. The van der Waals surface area contributed by atoms with E-state index in [1.807, 2.05) is 19.1 Å². The van der Waals surface area contributed by atoms with Crippen molar-refractivity contribution < 1.29 is 4.79 Å². The molecule has 0 N–H and O–H groups in total. The Hall–Kier alpha value is -1.77. The van der Waals surface area contributed by atoms with Crippen molar-refractivity contribution in [2.45, 2.75) is 6.92 Å². The largest absolute Gasteiger partial charge is 0.298 e. The number of nitrogens with zero attached hydrogens (tertiary/aromatic N) is 3. The summed E-state index contributed by atoms with van der Waals surface area (Å²) in [5.74, 6) is 0. The van der Waals surface area contributed by atoms with Crippen molar-refractivity contribution in [3.8, 4) is 0 Å². The molecule has 1 aromatic rings. The van der Waals surface area contributed by atoms with E-state index in [1.165, 1.54) is 0 Å². The maximum absolute atomic E-state index is 10.6. The molecule has 5 heteroatoms. The summed E-state index contributed by atoms with van der Waals surface area (Å²) < 4.78 is 0. The van der Waals surface area contributed by atoms with E-state index in [1.54, 1.807) is 12.1 Å². The molecule has 0 amide bonds. The second-order valence-electron chi connectivity index (χ2n) is 2.87. The number of rotatable bonds is 3. The van der Waals surface area contributed by atoms with Gasteiger partial charge in [-0.15, -0.1) is 0 Å². The van der Waals surface area contributed by atoms with E-state index in [4.69, 9.17) is 17.1 Å². The number of aldehydes is 1. The minimum absolute atomic E-state index is 0.108. The third-order valence-corrected chi connectivity index (χ3v) is 2.21. The van der Waals surface area contributed by atoms with Gasteiger partial charge in [0, 0.05) is 4.91 Å². The number of carbonyl (C=O) groups is 1. The third kappa shape index (κ3) is 2.84. The van der Waals surface area contributed by atoms with Gasteiger partial charge in [0.15, 0.2) is 6.29 Å². The molecule has 0 saturated heterocycles. The van der Waals surface area contributed by atoms with Crippen molar-refractivity contribution in [3.05, 3.63) is 51.5 Å². The van der Waals surface area contributed by atoms with Crippen LogP contribution in [0.5, 0.6) is 0 Å². The number of halogens is 1. The van der Waals surface area contributed by atoms with E-state index in [0.29, 0.717) is 11.8 Å². The van der Waals surface area contributed by atoms with Crippen LogP contribution in [-0.4, -0.2) is 6.29 Å². The summed E-state index contributed by atoms with van der Waals surface area (Å²) in [5.41, 5.74) is 9.84. The number of carbonyl (C=O) groups excluding carboxylic acids is 1. The van der Waals surface area contributed by atoms with Crippen molar-refractivity contribution in [2.24, 2.45) is 5.11 Å². The SMILES string of the molecule is Cc1ccc(/C(Cl)=C(/C=O)N=[N+]=[N-])cc1. The fraction of sp³-hybridized carbons (Fsp3) is 0.100. The number of hydrogen-bond acceptors (Lipinski definition) is 2. The lowest BCUT2D eigenvalue weighted by Crippen LogP contribution is -1.85. The van der Waals surface area contributed by atoms with Crippen molar-refractivity contribution in [1.82, 2.24) is 0 Å². The first-order chi connectivity index (χ1) is 7.19. The molecule has 0 unspecified atom stereocenters. The van der Waals surface area contributed by atoms with Crippen LogP contribution < -0.4 is 0 Å². The molecule has 0 aliphatic rings. The zero-order chi connectivity index (χ0) is 11.3. The van der Waals surface area contributed by atoms with E-state index in [2.05, 4.69) is 10.0 Å². The number of hydrogen-bond donors (Lipinski definition) is 0. The van der Waals surface area contributed by atoms with Gasteiger partial charge in [-0.2, -0.15) is 0 Å². The van der Waals surface area contributed by atoms with Crippen LogP contribution in [0.2, 0.25) is 0 Å². The van der Waals surface area contributed by atoms with Crippen LogP contribution in [0.25, 0.3) is 15.5 Å². The van der Waals surface area contributed by atoms with Crippen molar-refractivity contribution in [2.75, 3.05) is 0 Å². The molecule has 0 bridgehead atoms. The number of benzene rings is 1. The highest BCUT2D eigenvalue weighted by atomic mass is 35.5. The Labute approximate surface area is 91.8 Å². The lowest BCUT2D eigenvalue weighted by atomic mass is 10.1. The summed E-state index contributed by atoms with van der Waals surface area (Å²) in [6.45, 7) is 1.94. The fourth-order valence-corrected chi connectivity index (χ4v) is 1.22. The predicted molar refractivity (Wildman–Crippen MR) is 59.2 cm³/mol. The Balaban J connectivity index is 3.21. The second kappa shape index (κ2) is 5.20. The summed E-state index contributed by atoms with van der Waals surface area (Å²) in [6, 6.07) is 7.23.